The number of aromatic nitrogens is 6. The summed E-state index contributed by atoms with van der Waals surface area (Å²) in [4.78, 5) is 15.8. The van der Waals surface area contributed by atoms with Gasteiger partial charge in [0.05, 0.1) is 11.7 Å². The fourth-order valence-electron chi connectivity index (χ4n) is 5.24. The van der Waals surface area contributed by atoms with Crippen molar-refractivity contribution in [3.63, 3.8) is 0 Å². The molecule has 0 radical (unpaired) electrons. The molecule has 1 saturated heterocycles. The average Bonchev–Trinajstić information content (AvgIpc) is 3.29. The molecular formula is C22H26N8. The van der Waals surface area contributed by atoms with E-state index in [1.165, 1.54) is 32.5 Å². The minimum absolute atomic E-state index is 0.478. The van der Waals surface area contributed by atoms with E-state index in [1.54, 1.807) is 6.20 Å². The molecule has 6 rings (SSSR count). The Hall–Kier alpha value is -3.00. The summed E-state index contributed by atoms with van der Waals surface area (Å²) < 4.78 is 3.82. The summed E-state index contributed by atoms with van der Waals surface area (Å²) in [5.41, 5.74) is 3.59. The lowest BCUT2D eigenvalue weighted by atomic mass is 9.60. The number of fused-ring (bicyclic) bond motifs is 2. The van der Waals surface area contributed by atoms with Crippen molar-refractivity contribution in [3.05, 3.63) is 43.2 Å². The van der Waals surface area contributed by atoms with Gasteiger partial charge >= 0.3 is 0 Å². The van der Waals surface area contributed by atoms with Gasteiger partial charge in [-0.05, 0) is 30.2 Å². The van der Waals surface area contributed by atoms with E-state index >= 15 is 0 Å². The fraction of sp³-hybridized carbons (Fsp3) is 0.455. The van der Waals surface area contributed by atoms with Crippen LogP contribution in [0.25, 0.3) is 22.4 Å². The molecule has 154 valence electrons. The maximum Gasteiger partial charge on any atom is 0.241 e. The quantitative estimate of drug-likeness (QED) is 0.553. The predicted octanol–water partition coefficient (Wildman–Crippen LogP) is 2.97. The summed E-state index contributed by atoms with van der Waals surface area (Å²) in [6, 6.07) is 2.54. The van der Waals surface area contributed by atoms with Crippen LogP contribution in [0.15, 0.2) is 43.2 Å². The third kappa shape index (κ3) is 2.94. The first kappa shape index (κ1) is 17.8. The first-order chi connectivity index (χ1) is 14.6. The van der Waals surface area contributed by atoms with Crippen LogP contribution in [0.5, 0.6) is 0 Å². The molecule has 1 aliphatic heterocycles. The van der Waals surface area contributed by atoms with Gasteiger partial charge in [0.15, 0.2) is 0 Å². The molecule has 1 spiro atoms. The molecule has 30 heavy (non-hydrogen) atoms. The van der Waals surface area contributed by atoms with Crippen LogP contribution < -0.4 is 5.32 Å². The third-order valence-electron chi connectivity index (χ3n) is 6.41. The summed E-state index contributed by atoms with van der Waals surface area (Å²) in [5.74, 6) is 2.15. The number of hydrogen-bond acceptors (Lipinski definition) is 6. The Morgan fingerprint density at radius 1 is 1.13 bits per heavy atom. The van der Waals surface area contributed by atoms with Crippen molar-refractivity contribution >= 4 is 17.2 Å². The average molecular weight is 403 g/mol. The van der Waals surface area contributed by atoms with Gasteiger partial charge in [-0.25, -0.2) is 19.5 Å². The molecule has 4 aromatic rings. The Labute approximate surface area is 175 Å². The van der Waals surface area contributed by atoms with Crippen LogP contribution in [0.2, 0.25) is 0 Å². The standard InChI is InChI=1S/C22H26N8/c1-15(2)11-28-13-22(14-28)7-17(8-22)26-20-24-10-19-18(3-5-30(19)27-20)16-9-25-21-23-4-6-29(21)12-16/h3-6,9-10,12,15,17H,7-8,11,13-14H2,1-2H3,(H,26,27). The summed E-state index contributed by atoms with van der Waals surface area (Å²) in [6.45, 7) is 8.31. The molecule has 0 amide bonds. The summed E-state index contributed by atoms with van der Waals surface area (Å²) >= 11 is 0. The molecule has 1 saturated carbocycles. The van der Waals surface area contributed by atoms with Gasteiger partial charge in [0.2, 0.25) is 11.7 Å². The van der Waals surface area contributed by atoms with Gasteiger partial charge in [-0.15, -0.1) is 5.10 Å². The van der Waals surface area contributed by atoms with Gasteiger partial charge in [-0.2, -0.15) is 0 Å². The Kier molecular flexibility index (Phi) is 3.86. The van der Waals surface area contributed by atoms with Gasteiger partial charge in [0.1, 0.15) is 0 Å². The molecule has 1 N–H and O–H groups in total. The van der Waals surface area contributed by atoms with Crippen LogP contribution in [0, 0.1) is 11.3 Å². The SMILES string of the molecule is CC(C)CN1CC2(CC(Nc3ncc4c(-c5cnc6nccn6c5)ccn4n3)C2)C1. The van der Waals surface area contributed by atoms with Crippen molar-refractivity contribution in [3.8, 4) is 11.1 Å². The van der Waals surface area contributed by atoms with E-state index in [-0.39, 0.29) is 0 Å². The Morgan fingerprint density at radius 3 is 2.83 bits per heavy atom. The minimum atomic E-state index is 0.478. The number of nitrogens with zero attached hydrogens (tertiary/aromatic N) is 7. The normalized spacial score (nSPS) is 18.9. The van der Waals surface area contributed by atoms with E-state index in [1.807, 2.05) is 39.9 Å². The second-order valence-electron chi connectivity index (χ2n) is 9.43. The van der Waals surface area contributed by atoms with Gasteiger partial charge < -0.3 is 10.2 Å². The number of rotatable bonds is 5. The second kappa shape index (κ2) is 6.50. The van der Waals surface area contributed by atoms with Crippen molar-refractivity contribution in [2.45, 2.75) is 32.7 Å². The van der Waals surface area contributed by atoms with Crippen molar-refractivity contribution in [1.82, 2.24) is 33.9 Å². The van der Waals surface area contributed by atoms with Crippen LogP contribution in [0.1, 0.15) is 26.7 Å². The minimum Gasteiger partial charge on any atom is -0.350 e. The zero-order valence-electron chi connectivity index (χ0n) is 17.4. The van der Waals surface area contributed by atoms with Crippen LogP contribution in [0.4, 0.5) is 5.95 Å². The maximum absolute atomic E-state index is 4.69. The molecule has 0 aromatic carbocycles. The molecule has 8 heteroatoms. The van der Waals surface area contributed by atoms with Crippen molar-refractivity contribution in [2.24, 2.45) is 11.3 Å². The highest BCUT2D eigenvalue weighted by molar-refractivity contribution is 5.79. The van der Waals surface area contributed by atoms with Gasteiger partial charge in [0, 0.05) is 67.8 Å². The van der Waals surface area contributed by atoms with Gasteiger partial charge in [-0.1, -0.05) is 13.8 Å². The highest BCUT2D eigenvalue weighted by Crippen LogP contribution is 2.49. The van der Waals surface area contributed by atoms with Crippen molar-refractivity contribution in [2.75, 3.05) is 25.0 Å². The lowest BCUT2D eigenvalue weighted by molar-refractivity contribution is -0.0711. The van der Waals surface area contributed by atoms with Gasteiger partial charge in [0.25, 0.3) is 0 Å². The molecule has 2 aliphatic rings. The van der Waals surface area contributed by atoms with Crippen LogP contribution in [-0.4, -0.2) is 59.5 Å². The van der Waals surface area contributed by atoms with Gasteiger partial charge in [-0.3, -0.25) is 4.40 Å². The number of anilines is 1. The molecular weight excluding hydrogens is 376 g/mol. The highest BCUT2D eigenvalue weighted by atomic mass is 15.3. The summed E-state index contributed by atoms with van der Waals surface area (Å²) in [7, 11) is 0. The van der Waals surface area contributed by atoms with Crippen molar-refractivity contribution in [1.29, 1.82) is 0 Å². The second-order valence-corrected chi connectivity index (χ2v) is 9.43. The molecule has 4 aromatic heterocycles. The van der Waals surface area contributed by atoms with Crippen molar-refractivity contribution < 1.29 is 0 Å². The molecule has 2 fully saturated rings. The third-order valence-corrected chi connectivity index (χ3v) is 6.41. The molecule has 8 nitrogen and oxygen atoms in total. The smallest absolute Gasteiger partial charge is 0.241 e. The molecule has 0 bridgehead atoms. The highest BCUT2D eigenvalue weighted by Gasteiger charge is 2.52. The molecule has 0 atom stereocenters. The maximum atomic E-state index is 4.69. The first-order valence-electron chi connectivity index (χ1n) is 10.7. The number of likely N-dealkylation sites (tertiary alicyclic amines) is 1. The fourth-order valence-corrected chi connectivity index (χ4v) is 5.24. The van der Waals surface area contributed by atoms with E-state index in [0.717, 1.165) is 22.6 Å². The largest absolute Gasteiger partial charge is 0.350 e. The zero-order chi connectivity index (χ0) is 20.3. The zero-order valence-corrected chi connectivity index (χ0v) is 17.4. The lowest BCUT2D eigenvalue weighted by Crippen LogP contribution is -2.65. The van der Waals surface area contributed by atoms with E-state index < -0.39 is 0 Å². The van der Waals surface area contributed by atoms with Crippen LogP contribution in [-0.2, 0) is 0 Å². The Morgan fingerprint density at radius 2 is 2.00 bits per heavy atom. The van der Waals surface area contributed by atoms with E-state index in [4.69, 9.17) is 0 Å². The lowest BCUT2D eigenvalue weighted by Gasteiger charge is -2.59. The topological polar surface area (TPSA) is 75.6 Å². The summed E-state index contributed by atoms with van der Waals surface area (Å²) in [6.07, 6.45) is 13.8. The monoisotopic (exact) mass is 402 g/mol. The number of imidazole rings is 1. The van der Waals surface area contributed by atoms with E-state index in [0.29, 0.717) is 23.2 Å². The Balaban J connectivity index is 1.15. The van der Waals surface area contributed by atoms with E-state index in [9.17, 15) is 0 Å². The molecule has 0 unspecified atom stereocenters. The molecule has 5 heterocycles. The Bertz CT molecular complexity index is 1210. The number of hydrogen-bond donors (Lipinski definition) is 1. The number of nitrogens with one attached hydrogen (secondary N) is 1. The van der Waals surface area contributed by atoms with Crippen LogP contribution in [0.3, 0.4) is 0 Å². The van der Waals surface area contributed by atoms with Crippen LogP contribution >= 0.6 is 0 Å². The molecule has 1 aliphatic carbocycles. The predicted molar refractivity (Wildman–Crippen MR) is 115 cm³/mol. The van der Waals surface area contributed by atoms with E-state index in [2.05, 4.69) is 50.2 Å². The summed E-state index contributed by atoms with van der Waals surface area (Å²) in [5, 5.41) is 8.22. The first-order valence-corrected chi connectivity index (χ1v) is 10.7.